The summed E-state index contributed by atoms with van der Waals surface area (Å²) in [7, 11) is 0. The van der Waals surface area contributed by atoms with Crippen LogP contribution in [0.25, 0.3) is 11.3 Å². The Labute approximate surface area is 122 Å². The van der Waals surface area contributed by atoms with Crippen LogP contribution in [-0.2, 0) is 0 Å². The number of imidazole rings is 1. The highest BCUT2D eigenvalue weighted by molar-refractivity contribution is 9.10. The van der Waals surface area contributed by atoms with Crippen molar-refractivity contribution in [2.24, 2.45) is 0 Å². The molecule has 0 bridgehead atoms. The van der Waals surface area contributed by atoms with Crippen molar-refractivity contribution in [3.05, 3.63) is 41.3 Å². The van der Waals surface area contributed by atoms with E-state index in [1.165, 1.54) is 30.5 Å². The number of hydrogen-bond donors (Lipinski definition) is 1. The molecule has 1 aromatic heterocycles. The second-order valence-corrected chi connectivity index (χ2v) is 5.97. The van der Waals surface area contributed by atoms with Crippen LogP contribution in [0.4, 0.5) is 0 Å². The van der Waals surface area contributed by atoms with Crippen molar-refractivity contribution >= 4 is 15.9 Å². The van der Waals surface area contributed by atoms with E-state index in [9.17, 15) is 0 Å². The summed E-state index contributed by atoms with van der Waals surface area (Å²) >= 11 is 3.54. The molecule has 0 spiro atoms. The predicted molar refractivity (Wildman–Crippen MR) is 81.1 cm³/mol. The summed E-state index contributed by atoms with van der Waals surface area (Å²) in [6, 6.07) is 8.93. The van der Waals surface area contributed by atoms with Gasteiger partial charge in [-0.1, -0.05) is 34.5 Å². The number of aromatic nitrogens is 2. The van der Waals surface area contributed by atoms with E-state index in [0.29, 0.717) is 6.04 Å². The van der Waals surface area contributed by atoms with Crippen LogP contribution in [0.5, 0.6) is 0 Å². The Kier molecular flexibility index (Phi) is 3.99. The minimum atomic E-state index is 0.513. The number of rotatable bonds is 2. The van der Waals surface area contributed by atoms with Crippen LogP contribution >= 0.6 is 15.9 Å². The summed E-state index contributed by atoms with van der Waals surface area (Å²) in [6.45, 7) is 2.18. The lowest BCUT2D eigenvalue weighted by atomic mass is 10.1. The van der Waals surface area contributed by atoms with Gasteiger partial charge in [-0.05, 0) is 31.5 Å². The largest absolute Gasteiger partial charge is 0.326 e. The van der Waals surface area contributed by atoms with Crippen LogP contribution in [0.15, 0.2) is 41.3 Å². The Bertz CT molecular complexity index is 542. The topological polar surface area (TPSA) is 29.9 Å². The first-order valence-electron chi connectivity index (χ1n) is 6.83. The summed E-state index contributed by atoms with van der Waals surface area (Å²) in [6.07, 6.45) is 7.72. The van der Waals surface area contributed by atoms with Gasteiger partial charge in [-0.2, -0.15) is 0 Å². The SMILES string of the molecule is Brc1cccc(-c2cncn2C2CCCCNC2)c1. The first-order chi connectivity index (χ1) is 9.34. The van der Waals surface area contributed by atoms with Crippen LogP contribution < -0.4 is 5.32 Å². The lowest BCUT2D eigenvalue weighted by Gasteiger charge is -2.19. The summed E-state index contributed by atoms with van der Waals surface area (Å²) in [5, 5.41) is 3.52. The maximum Gasteiger partial charge on any atom is 0.0954 e. The van der Waals surface area contributed by atoms with Crippen molar-refractivity contribution in [2.45, 2.75) is 25.3 Å². The molecule has 3 nitrogen and oxygen atoms in total. The van der Waals surface area contributed by atoms with E-state index in [0.717, 1.165) is 17.6 Å². The molecular weight excluding hydrogens is 302 g/mol. The molecule has 4 heteroatoms. The van der Waals surface area contributed by atoms with E-state index in [1.54, 1.807) is 0 Å². The Hall–Kier alpha value is -1.13. The van der Waals surface area contributed by atoms with Crippen molar-refractivity contribution < 1.29 is 0 Å². The normalized spacial score (nSPS) is 20.2. The van der Waals surface area contributed by atoms with Crippen molar-refractivity contribution in [2.75, 3.05) is 13.1 Å². The van der Waals surface area contributed by atoms with E-state index in [4.69, 9.17) is 0 Å². The predicted octanol–water partition coefficient (Wildman–Crippen LogP) is 3.63. The van der Waals surface area contributed by atoms with Gasteiger partial charge in [0.15, 0.2) is 0 Å². The van der Waals surface area contributed by atoms with E-state index < -0.39 is 0 Å². The molecule has 1 aliphatic heterocycles. The van der Waals surface area contributed by atoms with E-state index in [1.807, 2.05) is 12.5 Å². The van der Waals surface area contributed by atoms with Gasteiger partial charge in [0.1, 0.15) is 0 Å². The first-order valence-corrected chi connectivity index (χ1v) is 7.62. The molecule has 0 amide bonds. The van der Waals surface area contributed by atoms with Crippen LogP contribution in [0, 0.1) is 0 Å². The maximum atomic E-state index is 4.35. The van der Waals surface area contributed by atoms with E-state index in [-0.39, 0.29) is 0 Å². The van der Waals surface area contributed by atoms with Gasteiger partial charge >= 0.3 is 0 Å². The fourth-order valence-corrected chi connectivity index (χ4v) is 3.10. The minimum Gasteiger partial charge on any atom is -0.326 e. The molecule has 0 aliphatic carbocycles. The quantitative estimate of drug-likeness (QED) is 0.916. The molecule has 100 valence electrons. The highest BCUT2D eigenvalue weighted by Gasteiger charge is 2.17. The molecule has 2 heterocycles. The van der Waals surface area contributed by atoms with Crippen molar-refractivity contribution in [3.8, 4) is 11.3 Å². The number of nitrogens with one attached hydrogen (secondary N) is 1. The van der Waals surface area contributed by atoms with Crippen molar-refractivity contribution in [3.63, 3.8) is 0 Å². The Morgan fingerprint density at radius 3 is 3.16 bits per heavy atom. The maximum absolute atomic E-state index is 4.35. The average Bonchev–Trinajstić information content (AvgIpc) is 2.75. The highest BCUT2D eigenvalue weighted by atomic mass is 79.9. The second kappa shape index (κ2) is 5.88. The Morgan fingerprint density at radius 1 is 1.32 bits per heavy atom. The van der Waals surface area contributed by atoms with Gasteiger partial charge in [-0.25, -0.2) is 4.98 Å². The average molecular weight is 320 g/mol. The van der Waals surface area contributed by atoms with E-state index >= 15 is 0 Å². The molecule has 1 atom stereocenters. The summed E-state index contributed by atoms with van der Waals surface area (Å²) in [4.78, 5) is 4.35. The summed E-state index contributed by atoms with van der Waals surface area (Å²) in [5.74, 6) is 0. The fraction of sp³-hybridized carbons (Fsp3) is 0.400. The van der Waals surface area contributed by atoms with Crippen LogP contribution in [0.1, 0.15) is 25.3 Å². The monoisotopic (exact) mass is 319 g/mol. The molecule has 1 unspecified atom stereocenters. The van der Waals surface area contributed by atoms with Crippen molar-refractivity contribution in [1.29, 1.82) is 0 Å². The molecule has 2 aromatic rings. The first kappa shape index (κ1) is 12.9. The molecule has 1 aromatic carbocycles. The molecule has 1 fully saturated rings. The zero-order valence-electron chi connectivity index (χ0n) is 10.8. The Balaban J connectivity index is 1.93. The third-order valence-corrected chi connectivity index (χ3v) is 4.19. The van der Waals surface area contributed by atoms with Gasteiger partial charge in [0.05, 0.1) is 18.2 Å². The Morgan fingerprint density at radius 2 is 2.26 bits per heavy atom. The summed E-state index contributed by atoms with van der Waals surface area (Å²) in [5.41, 5.74) is 2.42. The van der Waals surface area contributed by atoms with Crippen molar-refractivity contribution in [1.82, 2.24) is 14.9 Å². The molecular formula is C15H18BrN3. The van der Waals surface area contributed by atoms with Gasteiger partial charge in [-0.3, -0.25) is 0 Å². The lowest BCUT2D eigenvalue weighted by Crippen LogP contribution is -2.23. The molecule has 0 saturated carbocycles. The smallest absolute Gasteiger partial charge is 0.0954 e. The zero-order chi connectivity index (χ0) is 13.1. The van der Waals surface area contributed by atoms with Gasteiger partial charge in [0, 0.05) is 22.6 Å². The van der Waals surface area contributed by atoms with Gasteiger partial charge in [0.2, 0.25) is 0 Å². The summed E-state index contributed by atoms with van der Waals surface area (Å²) < 4.78 is 3.43. The van der Waals surface area contributed by atoms with Crippen LogP contribution in [0.3, 0.4) is 0 Å². The number of benzene rings is 1. The second-order valence-electron chi connectivity index (χ2n) is 5.05. The lowest BCUT2D eigenvalue weighted by molar-refractivity contribution is 0.464. The van der Waals surface area contributed by atoms with Gasteiger partial charge < -0.3 is 9.88 Å². The van der Waals surface area contributed by atoms with Crippen LogP contribution in [-0.4, -0.2) is 22.6 Å². The number of halogens is 1. The minimum absolute atomic E-state index is 0.513. The van der Waals surface area contributed by atoms with Crippen LogP contribution in [0.2, 0.25) is 0 Å². The number of nitrogens with zero attached hydrogens (tertiary/aromatic N) is 2. The highest BCUT2D eigenvalue weighted by Crippen LogP contribution is 2.27. The third kappa shape index (κ3) is 2.90. The standard InChI is InChI=1S/C15H18BrN3/c16-13-5-3-4-12(8-13)15-10-18-11-19(15)14-6-1-2-7-17-9-14/h3-5,8,10-11,14,17H,1-2,6-7,9H2. The fourth-order valence-electron chi connectivity index (χ4n) is 2.71. The molecule has 1 aliphatic rings. The number of hydrogen-bond acceptors (Lipinski definition) is 2. The molecule has 0 radical (unpaired) electrons. The third-order valence-electron chi connectivity index (χ3n) is 3.70. The van der Waals surface area contributed by atoms with E-state index in [2.05, 4.69) is 55.1 Å². The molecule has 19 heavy (non-hydrogen) atoms. The molecule has 1 N–H and O–H groups in total. The zero-order valence-corrected chi connectivity index (χ0v) is 12.4. The van der Waals surface area contributed by atoms with Gasteiger partial charge in [-0.15, -0.1) is 0 Å². The molecule has 1 saturated heterocycles. The van der Waals surface area contributed by atoms with Gasteiger partial charge in [0.25, 0.3) is 0 Å². The molecule has 3 rings (SSSR count).